The Labute approximate surface area is 127 Å². The minimum atomic E-state index is -0.361. The maximum Gasteiger partial charge on any atom is 0.283 e. The van der Waals surface area contributed by atoms with Crippen molar-refractivity contribution in [2.24, 2.45) is 0 Å². The second-order valence-corrected chi connectivity index (χ2v) is 6.17. The summed E-state index contributed by atoms with van der Waals surface area (Å²) >= 11 is 3.34. The molecule has 1 saturated heterocycles. The highest BCUT2D eigenvalue weighted by atomic mass is 79.9. The zero-order chi connectivity index (χ0) is 14.7. The van der Waals surface area contributed by atoms with Crippen LogP contribution in [0, 0.1) is 10.1 Å². The SMILES string of the molecule is CC1CCCC(C)N1NCc1cccc([N+](=O)[O-])c1Br. The largest absolute Gasteiger partial charge is 0.283 e. The van der Waals surface area contributed by atoms with E-state index in [-0.39, 0.29) is 10.6 Å². The van der Waals surface area contributed by atoms with Crippen molar-refractivity contribution in [2.75, 3.05) is 0 Å². The van der Waals surface area contributed by atoms with E-state index in [1.807, 2.05) is 6.07 Å². The molecule has 1 aliphatic heterocycles. The topological polar surface area (TPSA) is 58.4 Å². The molecule has 1 fully saturated rings. The average molecular weight is 342 g/mol. The smallest absolute Gasteiger partial charge is 0.258 e. The summed E-state index contributed by atoms with van der Waals surface area (Å²) in [6, 6.07) is 6.14. The fourth-order valence-electron chi connectivity index (χ4n) is 2.75. The molecule has 2 rings (SSSR count). The Morgan fingerprint density at radius 3 is 2.65 bits per heavy atom. The molecule has 0 bridgehead atoms. The molecule has 110 valence electrons. The molecule has 1 aromatic rings. The van der Waals surface area contributed by atoms with Crippen molar-refractivity contribution in [3.8, 4) is 0 Å². The van der Waals surface area contributed by atoms with Gasteiger partial charge in [0.15, 0.2) is 0 Å². The monoisotopic (exact) mass is 341 g/mol. The number of halogens is 1. The first-order valence-electron chi connectivity index (χ1n) is 6.94. The third-order valence-electron chi connectivity index (χ3n) is 3.90. The van der Waals surface area contributed by atoms with Gasteiger partial charge in [0.05, 0.1) is 9.40 Å². The number of nitro benzene ring substituents is 1. The molecule has 6 heteroatoms. The molecule has 1 aliphatic rings. The van der Waals surface area contributed by atoms with Crippen LogP contribution in [-0.4, -0.2) is 22.0 Å². The molecule has 20 heavy (non-hydrogen) atoms. The molecule has 0 spiro atoms. The van der Waals surface area contributed by atoms with E-state index < -0.39 is 0 Å². The molecule has 0 saturated carbocycles. The van der Waals surface area contributed by atoms with E-state index in [2.05, 4.69) is 40.2 Å². The lowest BCUT2D eigenvalue weighted by Crippen LogP contribution is -2.51. The van der Waals surface area contributed by atoms with Gasteiger partial charge in [-0.1, -0.05) is 18.6 Å². The van der Waals surface area contributed by atoms with Gasteiger partial charge in [0.1, 0.15) is 0 Å². The number of nitro groups is 1. The van der Waals surface area contributed by atoms with Crippen molar-refractivity contribution in [2.45, 2.75) is 51.7 Å². The van der Waals surface area contributed by atoms with Crippen LogP contribution in [-0.2, 0) is 6.54 Å². The maximum atomic E-state index is 10.9. The van der Waals surface area contributed by atoms with Gasteiger partial charge in [-0.05, 0) is 48.2 Å². The van der Waals surface area contributed by atoms with Crippen molar-refractivity contribution in [3.05, 3.63) is 38.3 Å². The summed E-state index contributed by atoms with van der Waals surface area (Å²) in [6.07, 6.45) is 3.64. The lowest BCUT2D eigenvalue weighted by molar-refractivity contribution is -0.385. The zero-order valence-corrected chi connectivity index (χ0v) is 13.4. The number of hydrogen-bond acceptors (Lipinski definition) is 4. The number of nitrogens with zero attached hydrogens (tertiary/aromatic N) is 2. The molecular weight excluding hydrogens is 322 g/mol. The summed E-state index contributed by atoms with van der Waals surface area (Å²) in [7, 11) is 0. The van der Waals surface area contributed by atoms with Crippen LogP contribution in [0.15, 0.2) is 22.7 Å². The van der Waals surface area contributed by atoms with Crippen LogP contribution in [0.25, 0.3) is 0 Å². The molecule has 1 heterocycles. The Bertz CT molecular complexity index is 485. The van der Waals surface area contributed by atoms with Crippen LogP contribution in [0.2, 0.25) is 0 Å². The highest BCUT2D eigenvalue weighted by Gasteiger charge is 2.24. The predicted molar refractivity (Wildman–Crippen MR) is 82.3 cm³/mol. The Morgan fingerprint density at radius 1 is 1.40 bits per heavy atom. The second kappa shape index (κ2) is 6.65. The van der Waals surface area contributed by atoms with Crippen molar-refractivity contribution < 1.29 is 4.92 Å². The molecule has 0 amide bonds. The number of hydrazine groups is 1. The molecule has 2 unspecified atom stereocenters. The van der Waals surface area contributed by atoms with Gasteiger partial charge >= 0.3 is 0 Å². The normalized spacial score (nSPS) is 23.8. The van der Waals surface area contributed by atoms with Crippen molar-refractivity contribution in [1.82, 2.24) is 10.4 Å². The molecule has 1 aromatic carbocycles. The number of benzene rings is 1. The van der Waals surface area contributed by atoms with Gasteiger partial charge in [0, 0.05) is 24.7 Å². The van der Waals surface area contributed by atoms with Gasteiger partial charge < -0.3 is 0 Å². The summed E-state index contributed by atoms with van der Waals surface area (Å²) in [4.78, 5) is 10.6. The molecule has 2 atom stereocenters. The first kappa shape index (κ1) is 15.4. The third kappa shape index (κ3) is 3.37. The lowest BCUT2D eigenvalue weighted by atomic mass is 10.00. The number of hydrogen-bond donors (Lipinski definition) is 1. The van der Waals surface area contributed by atoms with E-state index in [1.165, 1.54) is 25.3 Å². The molecular formula is C14H20BrN3O2. The second-order valence-electron chi connectivity index (χ2n) is 5.38. The fraction of sp³-hybridized carbons (Fsp3) is 0.571. The quantitative estimate of drug-likeness (QED) is 0.671. The maximum absolute atomic E-state index is 10.9. The molecule has 0 radical (unpaired) electrons. The Hall–Kier alpha value is -0.980. The average Bonchev–Trinajstić information content (AvgIpc) is 2.39. The summed E-state index contributed by atoms with van der Waals surface area (Å²) in [5.41, 5.74) is 4.45. The van der Waals surface area contributed by atoms with E-state index in [0.29, 0.717) is 23.1 Å². The summed E-state index contributed by atoms with van der Waals surface area (Å²) < 4.78 is 0.565. The van der Waals surface area contributed by atoms with E-state index in [4.69, 9.17) is 0 Å². The first-order valence-corrected chi connectivity index (χ1v) is 7.73. The van der Waals surface area contributed by atoms with Gasteiger partial charge in [-0.2, -0.15) is 0 Å². The molecule has 5 nitrogen and oxygen atoms in total. The van der Waals surface area contributed by atoms with E-state index >= 15 is 0 Å². The van der Waals surface area contributed by atoms with Crippen LogP contribution < -0.4 is 5.43 Å². The highest BCUT2D eigenvalue weighted by molar-refractivity contribution is 9.10. The van der Waals surface area contributed by atoms with Crippen molar-refractivity contribution in [3.63, 3.8) is 0 Å². The highest BCUT2D eigenvalue weighted by Crippen LogP contribution is 2.28. The van der Waals surface area contributed by atoms with Crippen LogP contribution in [0.5, 0.6) is 0 Å². The van der Waals surface area contributed by atoms with E-state index in [1.54, 1.807) is 6.07 Å². The fourth-order valence-corrected chi connectivity index (χ4v) is 3.30. The van der Waals surface area contributed by atoms with E-state index in [9.17, 15) is 10.1 Å². The summed E-state index contributed by atoms with van der Waals surface area (Å²) in [5, 5.41) is 13.2. The number of piperidine rings is 1. The van der Waals surface area contributed by atoms with Crippen LogP contribution >= 0.6 is 15.9 Å². The summed E-state index contributed by atoms with van der Waals surface area (Å²) in [6.45, 7) is 5.02. The van der Waals surface area contributed by atoms with Gasteiger partial charge in [-0.3, -0.25) is 15.5 Å². The number of rotatable bonds is 4. The minimum absolute atomic E-state index is 0.115. The zero-order valence-electron chi connectivity index (χ0n) is 11.8. The molecule has 0 aromatic heterocycles. The summed E-state index contributed by atoms with van der Waals surface area (Å²) in [5.74, 6) is 0. The van der Waals surface area contributed by atoms with E-state index in [0.717, 1.165) is 5.56 Å². The van der Waals surface area contributed by atoms with Gasteiger partial charge in [-0.15, -0.1) is 0 Å². The Morgan fingerprint density at radius 2 is 2.05 bits per heavy atom. The van der Waals surface area contributed by atoms with Gasteiger partial charge in [0.2, 0.25) is 0 Å². The lowest BCUT2D eigenvalue weighted by Gasteiger charge is -2.39. The van der Waals surface area contributed by atoms with Crippen molar-refractivity contribution in [1.29, 1.82) is 0 Å². The third-order valence-corrected chi connectivity index (χ3v) is 4.82. The van der Waals surface area contributed by atoms with Crippen LogP contribution in [0.3, 0.4) is 0 Å². The Kier molecular flexibility index (Phi) is 5.12. The van der Waals surface area contributed by atoms with Crippen LogP contribution in [0.1, 0.15) is 38.7 Å². The standard InChI is InChI=1S/C14H20BrN3O2/c1-10-5-3-6-11(2)17(10)16-9-12-7-4-8-13(14(12)15)18(19)20/h4,7-8,10-11,16H,3,5-6,9H2,1-2H3. The molecule has 0 aliphatic carbocycles. The van der Waals surface area contributed by atoms with Crippen molar-refractivity contribution >= 4 is 21.6 Å². The Balaban J connectivity index is 2.07. The predicted octanol–water partition coefficient (Wildman–Crippen LogP) is 3.62. The number of nitrogens with one attached hydrogen (secondary N) is 1. The van der Waals surface area contributed by atoms with Crippen LogP contribution in [0.4, 0.5) is 5.69 Å². The van der Waals surface area contributed by atoms with Gasteiger partial charge in [-0.25, -0.2) is 5.01 Å². The van der Waals surface area contributed by atoms with Gasteiger partial charge in [0.25, 0.3) is 5.69 Å². The molecule has 1 N–H and O–H groups in total. The minimum Gasteiger partial charge on any atom is -0.258 e. The first-order chi connectivity index (χ1) is 9.50.